The number of allylic oxidation sites excluding steroid dienone is 4. The molecule has 0 aromatic heterocycles. The molecule has 0 amide bonds. The quantitative estimate of drug-likeness (QED) is 0.692. The van der Waals surface area contributed by atoms with Crippen LogP contribution in [0.4, 0.5) is 4.39 Å². The third-order valence-corrected chi connectivity index (χ3v) is 2.38. The number of thioether (sulfide) groups is 1. The van der Waals surface area contributed by atoms with Crippen LogP contribution in [-0.4, -0.2) is 10.9 Å². The van der Waals surface area contributed by atoms with Crippen LogP contribution in [0, 0.1) is 0 Å². The molecule has 1 aliphatic heterocycles. The zero-order chi connectivity index (χ0) is 9.84. The first-order valence-corrected chi connectivity index (χ1v) is 4.77. The molecule has 0 fully saturated rings. The summed E-state index contributed by atoms with van der Waals surface area (Å²) in [6, 6.07) is 0. The molecule has 70 valence electrons. The second-order valence-electron chi connectivity index (χ2n) is 2.65. The van der Waals surface area contributed by atoms with Crippen LogP contribution in [0.3, 0.4) is 0 Å². The molecule has 0 saturated carbocycles. The molecule has 0 aromatic rings. The van der Waals surface area contributed by atoms with Crippen LogP contribution in [-0.2, 0) is 0 Å². The van der Waals surface area contributed by atoms with E-state index in [1.54, 1.807) is 6.08 Å². The maximum Gasteiger partial charge on any atom is 0.159 e. The molecule has 0 aliphatic carbocycles. The lowest BCUT2D eigenvalue weighted by molar-refractivity contribution is 0.671. The van der Waals surface area contributed by atoms with E-state index in [0.717, 1.165) is 17.0 Å². The highest BCUT2D eigenvalue weighted by atomic mass is 32.2. The molecule has 0 atom stereocenters. The molecule has 1 heterocycles. The van der Waals surface area contributed by atoms with Gasteiger partial charge in [0, 0.05) is 5.75 Å². The summed E-state index contributed by atoms with van der Waals surface area (Å²) in [6.45, 7) is 5.00. The van der Waals surface area contributed by atoms with Gasteiger partial charge in [-0.25, -0.2) is 9.38 Å². The van der Waals surface area contributed by atoms with Crippen molar-refractivity contribution in [3.63, 3.8) is 0 Å². The summed E-state index contributed by atoms with van der Waals surface area (Å²) in [4.78, 5) is 4.10. The summed E-state index contributed by atoms with van der Waals surface area (Å²) in [7, 11) is 0. The number of nitrogens with two attached hydrogens (primary N) is 1. The van der Waals surface area contributed by atoms with Crippen molar-refractivity contribution in [2.75, 3.05) is 5.75 Å². The zero-order valence-electron chi connectivity index (χ0n) is 7.38. The highest BCUT2D eigenvalue weighted by Crippen LogP contribution is 2.22. The lowest BCUT2D eigenvalue weighted by atomic mass is 10.2. The summed E-state index contributed by atoms with van der Waals surface area (Å²) in [5, 5.41) is 0.571. The fourth-order valence-corrected chi connectivity index (χ4v) is 1.61. The van der Waals surface area contributed by atoms with Crippen molar-refractivity contribution in [1.29, 1.82) is 0 Å². The van der Waals surface area contributed by atoms with Gasteiger partial charge in [-0.05, 0) is 18.6 Å². The molecular weight excluding hydrogens is 187 g/mol. The molecule has 0 aromatic carbocycles. The molecular formula is C9H11FN2S. The first-order valence-electron chi connectivity index (χ1n) is 3.79. The number of rotatable bonds is 2. The van der Waals surface area contributed by atoms with Gasteiger partial charge in [0.25, 0.3) is 0 Å². The van der Waals surface area contributed by atoms with Gasteiger partial charge in [-0.3, -0.25) is 0 Å². The monoisotopic (exact) mass is 198 g/mol. The summed E-state index contributed by atoms with van der Waals surface area (Å²) in [5.74, 6) is 0.309. The van der Waals surface area contributed by atoms with Gasteiger partial charge in [0.15, 0.2) is 5.17 Å². The highest BCUT2D eigenvalue weighted by Gasteiger charge is 2.09. The fourth-order valence-electron chi connectivity index (χ4n) is 0.853. The molecule has 0 saturated heterocycles. The molecule has 0 bridgehead atoms. The van der Waals surface area contributed by atoms with Crippen LogP contribution in [0.2, 0.25) is 0 Å². The van der Waals surface area contributed by atoms with Gasteiger partial charge in [-0.15, -0.1) is 0 Å². The van der Waals surface area contributed by atoms with Crippen molar-refractivity contribution in [2.24, 2.45) is 10.7 Å². The third-order valence-electron chi connectivity index (χ3n) is 1.57. The predicted molar refractivity (Wildman–Crippen MR) is 56.2 cm³/mol. The molecule has 4 heteroatoms. The lowest BCUT2D eigenvalue weighted by Gasteiger charge is -1.94. The topological polar surface area (TPSA) is 38.4 Å². The number of amidine groups is 1. The standard InChI is InChI=1S/C9H11FN2S/c1-6(3-4-7(2)10)8-5-13-9(11)12-8/h3-4H,2,5H2,1H3,(H2,11,12)/b4-3-,8-6+. The minimum Gasteiger partial charge on any atom is -0.378 e. The van der Waals surface area contributed by atoms with Gasteiger partial charge in [-0.1, -0.05) is 24.4 Å². The maximum absolute atomic E-state index is 12.3. The number of hydrogen-bond acceptors (Lipinski definition) is 3. The zero-order valence-corrected chi connectivity index (χ0v) is 8.20. The second-order valence-corrected chi connectivity index (χ2v) is 3.64. The highest BCUT2D eigenvalue weighted by molar-refractivity contribution is 8.14. The molecule has 13 heavy (non-hydrogen) atoms. The normalized spacial score (nSPS) is 20.6. The Kier molecular flexibility index (Phi) is 3.31. The van der Waals surface area contributed by atoms with Crippen molar-refractivity contribution >= 4 is 16.9 Å². The minimum atomic E-state index is -0.456. The molecule has 0 radical (unpaired) electrons. The Morgan fingerprint density at radius 3 is 2.85 bits per heavy atom. The maximum atomic E-state index is 12.3. The van der Waals surface area contributed by atoms with E-state index in [-0.39, 0.29) is 0 Å². The summed E-state index contributed by atoms with van der Waals surface area (Å²) in [5.41, 5.74) is 7.31. The SMILES string of the molecule is C=C(F)/C=C\C(C)=C1/CSC(N)=N1. The minimum absolute atomic E-state index is 0.456. The van der Waals surface area contributed by atoms with Crippen molar-refractivity contribution in [3.05, 3.63) is 35.8 Å². The fraction of sp³-hybridized carbons (Fsp3) is 0.222. The van der Waals surface area contributed by atoms with E-state index in [0.29, 0.717) is 5.17 Å². The first kappa shape index (κ1) is 10.1. The van der Waals surface area contributed by atoms with Gasteiger partial charge in [0.05, 0.1) is 5.70 Å². The average Bonchev–Trinajstić information content (AvgIpc) is 2.47. The molecule has 0 spiro atoms. The van der Waals surface area contributed by atoms with Crippen molar-refractivity contribution in [3.8, 4) is 0 Å². The smallest absolute Gasteiger partial charge is 0.159 e. The van der Waals surface area contributed by atoms with Gasteiger partial charge in [0.2, 0.25) is 0 Å². The Morgan fingerprint density at radius 2 is 2.38 bits per heavy atom. The second kappa shape index (κ2) is 4.28. The van der Waals surface area contributed by atoms with Crippen LogP contribution < -0.4 is 5.73 Å². The molecule has 1 aliphatic rings. The van der Waals surface area contributed by atoms with Crippen LogP contribution in [0.5, 0.6) is 0 Å². The van der Waals surface area contributed by atoms with E-state index < -0.39 is 5.83 Å². The summed E-state index contributed by atoms with van der Waals surface area (Å²) >= 11 is 1.49. The van der Waals surface area contributed by atoms with Crippen LogP contribution in [0.15, 0.2) is 40.8 Å². The Morgan fingerprint density at radius 1 is 1.69 bits per heavy atom. The van der Waals surface area contributed by atoms with Crippen molar-refractivity contribution in [1.82, 2.24) is 0 Å². The number of aliphatic imine (C=N–C) groups is 1. The predicted octanol–water partition coefficient (Wildman–Crippen LogP) is 2.36. The summed E-state index contributed by atoms with van der Waals surface area (Å²) in [6.07, 6.45) is 2.97. The Bertz CT molecular complexity index is 316. The van der Waals surface area contributed by atoms with E-state index in [2.05, 4.69) is 11.6 Å². The van der Waals surface area contributed by atoms with Crippen LogP contribution in [0.1, 0.15) is 6.92 Å². The molecule has 1 rings (SSSR count). The van der Waals surface area contributed by atoms with E-state index >= 15 is 0 Å². The summed E-state index contributed by atoms with van der Waals surface area (Å²) < 4.78 is 12.3. The molecule has 2 N–H and O–H groups in total. The molecule has 2 nitrogen and oxygen atoms in total. The first-order chi connectivity index (χ1) is 6.09. The van der Waals surface area contributed by atoms with Crippen molar-refractivity contribution < 1.29 is 4.39 Å². The van der Waals surface area contributed by atoms with Crippen LogP contribution >= 0.6 is 11.8 Å². The van der Waals surface area contributed by atoms with Crippen molar-refractivity contribution in [2.45, 2.75) is 6.92 Å². The van der Waals surface area contributed by atoms with Gasteiger partial charge in [-0.2, -0.15) is 0 Å². The Balaban J connectivity index is 2.76. The van der Waals surface area contributed by atoms with Gasteiger partial charge >= 0.3 is 0 Å². The van der Waals surface area contributed by atoms with Gasteiger partial charge in [0.1, 0.15) is 5.83 Å². The van der Waals surface area contributed by atoms with E-state index in [9.17, 15) is 4.39 Å². The number of nitrogens with zero attached hydrogens (tertiary/aromatic N) is 1. The van der Waals surface area contributed by atoms with Crippen LogP contribution in [0.25, 0.3) is 0 Å². The molecule has 0 unspecified atom stereocenters. The number of hydrogen-bond donors (Lipinski definition) is 1. The van der Waals surface area contributed by atoms with E-state index in [4.69, 9.17) is 5.73 Å². The Hall–Kier alpha value is -1.03. The third kappa shape index (κ3) is 3.06. The number of halogens is 1. The van der Waals surface area contributed by atoms with Gasteiger partial charge < -0.3 is 5.73 Å². The average molecular weight is 198 g/mol. The van der Waals surface area contributed by atoms with E-state index in [1.807, 2.05) is 6.92 Å². The largest absolute Gasteiger partial charge is 0.378 e. The van der Waals surface area contributed by atoms with E-state index in [1.165, 1.54) is 17.8 Å². The Labute approximate surface area is 81.1 Å². The lowest BCUT2D eigenvalue weighted by Crippen LogP contribution is -2.00.